The van der Waals surface area contributed by atoms with E-state index in [9.17, 15) is 10.1 Å². The van der Waals surface area contributed by atoms with E-state index in [0.717, 1.165) is 5.56 Å². The first-order valence-corrected chi connectivity index (χ1v) is 5.48. The summed E-state index contributed by atoms with van der Waals surface area (Å²) >= 11 is 0. The van der Waals surface area contributed by atoms with Crippen LogP contribution in [0.3, 0.4) is 0 Å². The van der Waals surface area contributed by atoms with E-state index >= 15 is 0 Å². The van der Waals surface area contributed by atoms with Gasteiger partial charge in [0.1, 0.15) is 6.20 Å². The lowest BCUT2D eigenvalue weighted by Crippen LogP contribution is -1.89. The van der Waals surface area contributed by atoms with E-state index in [1.807, 2.05) is 12.1 Å². The Bertz CT molecular complexity index is 670. The molecule has 5 nitrogen and oxygen atoms in total. The summed E-state index contributed by atoms with van der Waals surface area (Å²) < 4.78 is 0. The number of benzene rings is 1. The Labute approximate surface area is 109 Å². The Balaban J connectivity index is 2.23. The maximum Gasteiger partial charge on any atom is 0.287 e. The minimum atomic E-state index is -0.495. The van der Waals surface area contributed by atoms with Gasteiger partial charge in [-0.3, -0.25) is 10.1 Å². The molecule has 0 spiro atoms. The molecule has 0 aliphatic rings. The number of nitro groups is 1. The fourth-order valence-corrected chi connectivity index (χ4v) is 1.52. The van der Waals surface area contributed by atoms with Gasteiger partial charge in [0.2, 0.25) is 0 Å². The highest BCUT2D eigenvalue weighted by Crippen LogP contribution is 2.13. The predicted molar refractivity (Wildman–Crippen MR) is 71.0 cm³/mol. The zero-order valence-corrected chi connectivity index (χ0v) is 9.85. The zero-order chi connectivity index (χ0) is 13.7. The SMILES string of the molecule is N#Cc1ccccc1/C=C/c1ccc([N+](=O)[O-])cn1. The van der Waals surface area contributed by atoms with Gasteiger partial charge < -0.3 is 0 Å². The Morgan fingerprint density at radius 1 is 1.21 bits per heavy atom. The normalized spacial score (nSPS) is 10.3. The van der Waals surface area contributed by atoms with Crippen LogP contribution in [0.2, 0.25) is 0 Å². The Morgan fingerprint density at radius 3 is 2.63 bits per heavy atom. The molecule has 0 atom stereocenters. The topological polar surface area (TPSA) is 79.8 Å². The second-order valence-electron chi connectivity index (χ2n) is 3.73. The average Bonchev–Trinajstić information content (AvgIpc) is 2.45. The quantitative estimate of drug-likeness (QED) is 0.620. The average molecular weight is 251 g/mol. The molecule has 1 aromatic carbocycles. The van der Waals surface area contributed by atoms with Crippen molar-refractivity contribution in [3.8, 4) is 6.07 Å². The molecule has 0 saturated heterocycles. The van der Waals surface area contributed by atoms with Crippen molar-refractivity contribution in [3.05, 3.63) is 69.5 Å². The summed E-state index contributed by atoms with van der Waals surface area (Å²) in [5.41, 5.74) is 1.90. The van der Waals surface area contributed by atoms with Crippen molar-refractivity contribution in [1.29, 1.82) is 5.26 Å². The first kappa shape index (κ1) is 12.5. The van der Waals surface area contributed by atoms with Crippen molar-refractivity contribution in [2.75, 3.05) is 0 Å². The predicted octanol–water partition coefficient (Wildman–Crippen LogP) is 3.03. The van der Waals surface area contributed by atoms with Crippen LogP contribution in [-0.4, -0.2) is 9.91 Å². The molecule has 0 N–H and O–H groups in total. The molecule has 0 unspecified atom stereocenters. The second kappa shape index (κ2) is 5.56. The monoisotopic (exact) mass is 251 g/mol. The summed E-state index contributed by atoms with van der Waals surface area (Å²) in [6.45, 7) is 0. The lowest BCUT2D eigenvalue weighted by Gasteiger charge is -1.96. The lowest BCUT2D eigenvalue weighted by molar-refractivity contribution is -0.385. The lowest BCUT2D eigenvalue weighted by atomic mass is 10.1. The van der Waals surface area contributed by atoms with Gasteiger partial charge in [-0.25, -0.2) is 4.98 Å². The fourth-order valence-electron chi connectivity index (χ4n) is 1.52. The highest BCUT2D eigenvalue weighted by atomic mass is 16.6. The summed E-state index contributed by atoms with van der Waals surface area (Å²) in [6.07, 6.45) is 4.67. The second-order valence-corrected chi connectivity index (χ2v) is 3.73. The summed E-state index contributed by atoms with van der Waals surface area (Å²) in [5.74, 6) is 0. The van der Waals surface area contributed by atoms with Gasteiger partial charge in [0.25, 0.3) is 5.69 Å². The van der Waals surface area contributed by atoms with Crippen LogP contribution in [0.15, 0.2) is 42.6 Å². The van der Waals surface area contributed by atoms with Crippen molar-refractivity contribution in [3.63, 3.8) is 0 Å². The number of nitrogens with zero attached hydrogens (tertiary/aromatic N) is 3. The number of nitriles is 1. The van der Waals surface area contributed by atoms with Gasteiger partial charge in [-0.1, -0.05) is 24.3 Å². The summed E-state index contributed by atoms with van der Waals surface area (Å²) in [6, 6.07) is 12.2. The standard InChI is InChI=1S/C14H9N3O2/c15-9-12-4-2-1-3-11(12)5-6-13-7-8-14(10-16-13)17(18)19/h1-8,10H/b6-5+. The maximum absolute atomic E-state index is 10.5. The number of aromatic nitrogens is 1. The molecule has 5 heteroatoms. The summed E-state index contributed by atoms with van der Waals surface area (Å²) in [4.78, 5) is 14.0. The molecule has 2 aromatic rings. The van der Waals surface area contributed by atoms with E-state index in [1.165, 1.54) is 12.3 Å². The largest absolute Gasteiger partial charge is 0.287 e. The number of rotatable bonds is 3. The molecule has 0 saturated carbocycles. The molecule has 2 rings (SSSR count). The molecule has 0 bridgehead atoms. The molecule has 0 amide bonds. The van der Waals surface area contributed by atoms with E-state index in [2.05, 4.69) is 11.1 Å². The van der Waals surface area contributed by atoms with Crippen LogP contribution in [0.25, 0.3) is 12.2 Å². The smallest absolute Gasteiger partial charge is 0.258 e. The van der Waals surface area contributed by atoms with Crippen LogP contribution in [0.4, 0.5) is 5.69 Å². The molecule has 19 heavy (non-hydrogen) atoms. The Kier molecular flexibility index (Phi) is 3.64. The molecular formula is C14H9N3O2. The van der Waals surface area contributed by atoms with E-state index in [0.29, 0.717) is 11.3 Å². The minimum absolute atomic E-state index is 0.0467. The van der Waals surface area contributed by atoms with Crippen LogP contribution < -0.4 is 0 Å². The van der Waals surface area contributed by atoms with Crippen LogP contribution in [-0.2, 0) is 0 Å². The van der Waals surface area contributed by atoms with Crippen LogP contribution in [0.5, 0.6) is 0 Å². The third-order valence-electron chi connectivity index (χ3n) is 2.50. The highest BCUT2D eigenvalue weighted by Gasteiger charge is 2.03. The number of hydrogen-bond acceptors (Lipinski definition) is 4. The highest BCUT2D eigenvalue weighted by molar-refractivity contribution is 5.71. The van der Waals surface area contributed by atoms with E-state index in [4.69, 9.17) is 5.26 Å². The zero-order valence-electron chi connectivity index (χ0n) is 9.85. The minimum Gasteiger partial charge on any atom is -0.258 e. The van der Waals surface area contributed by atoms with Crippen molar-refractivity contribution in [2.24, 2.45) is 0 Å². The third-order valence-corrected chi connectivity index (χ3v) is 2.50. The third kappa shape index (κ3) is 3.01. The van der Waals surface area contributed by atoms with Gasteiger partial charge in [0, 0.05) is 6.07 Å². The molecular weight excluding hydrogens is 242 g/mol. The molecule has 0 radical (unpaired) electrons. The Hall–Kier alpha value is -3.00. The maximum atomic E-state index is 10.5. The van der Waals surface area contributed by atoms with Gasteiger partial charge in [-0.2, -0.15) is 5.26 Å². The molecule has 0 aliphatic carbocycles. The van der Waals surface area contributed by atoms with Crippen LogP contribution >= 0.6 is 0 Å². The molecule has 1 aromatic heterocycles. The van der Waals surface area contributed by atoms with E-state index < -0.39 is 4.92 Å². The fraction of sp³-hybridized carbons (Fsp3) is 0. The van der Waals surface area contributed by atoms with Crippen molar-refractivity contribution >= 4 is 17.8 Å². The van der Waals surface area contributed by atoms with Crippen LogP contribution in [0, 0.1) is 21.4 Å². The summed E-state index contributed by atoms with van der Waals surface area (Å²) in [7, 11) is 0. The number of hydrogen-bond donors (Lipinski definition) is 0. The molecule has 0 fully saturated rings. The van der Waals surface area contributed by atoms with Crippen molar-refractivity contribution in [1.82, 2.24) is 4.98 Å². The van der Waals surface area contributed by atoms with Gasteiger partial charge in [0.05, 0.1) is 22.2 Å². The first-order chi connectivity index (χ1) is 9.20. The van der Waals surface area contributed by atoms with Gasteiger partial charge in [-0.05, 0) is 23.8 Å². The van der Waals surface area contributed by atoms with E-state index in [1.54, 1.807) is 30.4 Å². The summed E-state index contributed by atoms with van der Waals surface area (Å²) in [5, 5.41) is 19.4. The first-order valence-electron chi connectivity index (χ1n) is 5.48. The van der Waals surface area contributed by atoms with Crippen molar-refractivity contribution in [2.45, 2.75) is 0 Å². The van der Waals surface area contributed by atoms with E-state index in [-0.39, 0.29) is 5.69 Å². The van der Waals surface area contributed by atoms with Gasteiger partial charge in [-0.15, -0.1) is 0 Å². The van der Waals surface area contributed by atoms with Gasteiger partial charge >= 0.3 is 0 Å². The molecule has 92 valence electrons. The Morgan fingerprint density at radius 2 is 2.00 bits per heavy atom. The van der Waals surface area contributed by atoms with Crippen molar-refractivity contribution < 1.29 is 4.92 Å². The van der Waals surface area contributed by atoms with Gasteiger partial charge in [0.15, 0.2) is 0 Å². The molecule has 0 aliphatic heterocycles. The van der Waals surface area contributed by atoms with Crippen LogP contribution in [0.1, 0.15) is 16.8 Å². The molecule has 1 heterocycles. The number of pyridine rings is 1.